The zero-order chi connectivity index (χ0) is 15.4. The van der Waals surface area contributed by atoms with E-state index in [1.165, 1.54) is 7.11 Å². The van der Waals surface area contributed by atoms with Crippen LogP contribution in [0.1, 0.15) is 10.4 Å². The van der Waals surface area contributed by atoms with Crippen molar-refractivity contribution in [1.29, 1.82) is 0 Å². The average molecular weight is 295 g/mol. The molecular weight excluding hydrogens is 278 g/mol. The molecule has 1 heterocycles. The largest absolute Gasteiger partial charge is 0.492 e. The van der Waals surface area contributed by atoms with Gasteiger partial charge in [0, 0.05) is 11.7 Å². The number of nitrogens with zero attached hydrogens (tertiary/aromatic N) is 1. The van der Waals surface area contributed by atoms with Gasteiger partial charge in [0.2, 0.25) is 0 Å². The van der Waals surface area contributed by atoms with Crippen molar-refractivity contribution in [2.45, 2.75) is 6.54 Å². The topological polar surface area (TPSA) is 40.5 Å². The van der Waals surface area contributed by atoms with Gasteiger partial charge >= 0.3 is 5.97 Å². The van der Waals surface area contributed by atoms with Crippen molar-refractivity contribution < 1.29 is 14.3 Å². The number of fused-ring (bicyclic) bond motifs is 1. The Hall–Kier alpha value is -2.75. The van der Waals surface area contributed by atoms with Crippen molar-refractivity contribution in [1.82, 2.24) is 4.57 Å². The van der Waals surface area contributed by atoms with Crippen LogP contribution in [-0.4, -0.2) is 24.3 Å². The maximum Gasteiger partial charge on any atom is 0.337 e. The first-order chi connectivity index (χ1) is 10.8. The zero-order valence-electron chi connectivity index (χ0n) is 12.4. The van der Waals surface area contributed by atoms with E-state index in [0.717, 1.165) is 16.7 Å². The van der Waals surface area contributed by atoms with E-state index in [2.05, 4.69) is 4.57 Å². The molecule has 3 aromatic rings. The Morgan fingerprint density at radius 2 is 1.91 bits per heavy atom. The summed E-state index contributed by atoms with van der Waals surface area (Å²) in [5, 5.41) is 1.09. The number of carbonyl (C=O) groups excluding carboxylic acids is 1. The fourth-order valence-corrected chi connectivity index (χ4v) is 2.40. The molecule has 0 amide bonds. The first-order valence-corrected chi connectivity index (χ1v) is 7.13. The van der Waals surface area contributed by atoms with Crippen LogP contribution < -0.4 is 4.74 Å². The van der Waals surface area contributed by atoms with E-state index in [1.54, 1.807) is 6.07 Å². The minimum Gasteiger partial charge on any atom is -0.492 e. The molecule has 4 nitrogen and oxygen atoms in total. The van der Waals surface area contributed by atoms with Crippen LogP contribution in [0.4, 0.5) is 0 Å². The highest BCUT2D eigenvalue weighted by Gasteiger charge is 2.08. The second kappa shape index (κ2) is 6.35. The molecule has 0 radical (unpaired) electrons. The summed E-state index contributed by atoms with van der Waals surface area (Å²) in [6.07, 6.45) is 2.00. The van der Waals surface area contributed by atoms with Gasteiger partial charge < -0.3 is 14.0 Å². The van der Waals surface area contributed by atoms with Crippen LogP contribution in [0.5, 0.6) is 5.75 Å². The third-order valence-corrected chi connectivity index (χ3v) is 3.54. The molecule has 0 saturated heterocycles. The number of para-hydroxylation sites is 1. The van der Waals surface area contributed by atoms with Crippen molar-refractivity contribution >= 4 is 16.9 Å². The zero-order valence-corrected chi connectivity index (χ0v) is 12.4. The van der Waals surface area contributed by atoms with Crippen LogP contribution in [0, 0.1) is 0 Å². The van der Waals surface area contributed by atoms with Crippen molar-refractivity contribution in [3.8, 4) is 5.75 Å². The summed E-state index contributed by atoms with van der Waals surface area (Å²) < 4.78 is 12.6. The standard InChI is InChI=1S/C18H17NO3/c1-21-18(20)15-8-7-14-9-10-19(17(14)13-15)11-12-22-16-5-3-2-4-6-16/h2-10,13H,11-12H2,1H3. The van der Waals surface area contributed by atoms with Crippen molar-refractivity contribution in [3.05, 3.63) is 66.4 Å². The van der Waals surface area contributed by atoms with Crippen molar-refractivity contribution in [3.63, 3.8) is 0 Å². The maximum absolute atomic E-state index is 11.6. The molecule has 2 aromatic carbocycles. The smallest absolute Gasteiger partial charge is 0.337 e. The Kier molecular flexibility index (Phi) is 4.10. The van der Waals surface area contributed by atoms with Gasteiger partial charge in [0.1, 0.15) is 12.4 Å². The maximum atomic E-state index is 11.6. The van der Waals surface area contributed by atoms with Gasteiger partial charge in [-0.05, 0) is 35.7 Å². The van der Waals surface area contributed by atoms with E-state index in [0.29, 0.717) is 18.7 Å². The van der Waals surface area contributed by atoms with Crippen molar-refractivity contribution in [2.24, 2.45) is 0 Å². The number of hydrogen-bond donors (Lipinski definition) is 0. The second-order valence-corrected chi connectivity index (χ2v) is 4.94. The Bertz CT molecular complexity index is 777. The number of benzene rings is 2. The van der Waals surface area contributed by atoms with E-state index in [-0.39, 0.29) is 5.97 Å². The summed E-state index contributed by atoms with van der Waals surface area (Å²) in [5.74, 6) is 0.532. The molecule has 0 fully saturated rings. The molecule has 0 unspecified atom stereocenters. The first kappa shape index (κ1) is 14.2. The van der Waals surface area contributed by atoms with Gasteiger partial charge in [-0.1, -0.05) is 24.3 Å². The lowest BCUT2D eigenvalue weighted by molar-refractivity contribution is 0.0601. The van der Waals surface area contributed by atoms with E-state index in [1.807, 2.05) is 54.7 Å². The number of esters is 1. The Labute approximate surface area is 128 Å². The lowest BCUT2D eigenvalue weighted by atomic mass is 10.1. The van der Waals surface area contributed by atoms with Gasteiger partial charge in [-0.2, -0.15) is 0 Å². The van der Waals surface area contributed by atoms with Crippen LogP contribution in [0.3, 0.4) is 0 Å². The van der Waals surface area contributed by atoms with Gasteiger partial charge in [-0.25, -0.2) is 4.79 Å². The van der Waals surface area contributed by atoms with Crippen LogP contribution >= 0.6 is 0 Å². The van der Waals surface area contributed by atoms with E-state index in [9.17, 15) is 4.79 Å². The number of hydrogen-bond acceptors (Lipinski definition) is 3. The monoisotopic (exact) mass is 295 g/mol. The molecule has 0 aliphatic rings. The predicted molar refractivity (Wildman–Crippen MR) is 85.2 cm³/mol. The number of aromatic nitrogens is 1. The summed E-state index contributed by atoms with van der Waals surface area (Å²) in [7, 11) is 1.39. The lowest BCUT2D eigenvalue weighted by Crippen LogP contribution is -2.07. The highest BCUT2D eigenvalue weighted by molar-refractivity contribution is 5.94. The van der Waals surface area contributed by atoms with E-state index >= 15 is 0 Å². The first-order valence-electron chi connectivity index (χ1n) is 7.13. The molecule has 0 saturated carbocycles. The number of methoxy groups -OCH3 is 1. The van der Waals surface area contributed by atoms with Gasteiger partial charge in [0.05, 0.1) is 19.2 Å². The molecular formula is C18H17NO3. The minimum atomic E-state index is -0.324. The number of rotatable bonds is 5. The SMILES string of the molecule is COC(=O)c1ccc2ccn(CCOc3ccccc3)c2c1. The Balaban J connectivity index is 1.74. The number of carbonyl (C=O) groups is 1. The van der Waals surface area contributed by atoms with Gasteiger partial charge in [-0.3, -0.25) is 0 Å². The second-order valence-electron chi connectivity index (χ2n) is 4.94. The van der Waals surface area contributed by atoms with Crippen LogP contribution in [0.25, 0.3) is 10.9 Å². The quantitative estimate of drug-likeness (QED) is 0.676. The van der Waals surface area contributed by atoms with Gasteiger partial charge in [0.15, 0.2) is 0 Å². The van der Waals surface area contributed by atoms with E-state index in [4.69, 9.17) is 9.47 Å². The summed E-state index contributed by atoms with van der Waals surface area (Å²) in [5.41, 5.74) is 1.55. The van der Waals surface area contributed by atoms with E-state index < -0.39 is 0 Å². The third-order valence-electron chi connectivity index (χ3n) is 3.54. The molecule has 4 heteroatoms. The molecule has 0 spiro atoms. The minimum absolute atomic E-state index is 0.324. The fraction of sp³-hybridized carbons (Fsp3) is 0.167. The molecule has 0 aliphatic carbocycles. The molecule has 112 valence electrons. The van der Waals surface area contributed by atoms with Crippen LogP contribution in [-0.2, 0) is 11.3 Å². The molecule has 0 bridgehead atoms. The average Bonchev–Trinajstić information content (AvgIpc) is 2.97. The fourth-order valence-electron chi connectivity index (χ4n) is 2.40. The Morgan fingerprint density at radius 3 is 2.68 bits per heavy atom. The van der Waals surface area contributed by atoms with Gasteiger partial charge in [-0.15, -0.1) is 0 Å². The van der Waals surface area contributed by atoms with Crippen molar-refractivity contribution in [2.75, 3.05) is 13.7 Å². The summed E-state index contributed by atoms with van der Waals surface area (Å²) >= 11 is 0. The number of ether oxygens (including phenoxy) is 2. The molecule has 0 atom stereocenters. The Morgan fingerprint density at radius 1 is 1.09 bits per heavy atom. The highest BCUT2D eigenvalue weighted by atomic mass is 16.5. The van der Waals surface area contributed by atoms with Crippen LogP contribution in [0.15, 0.2) is 60.8 Å². The van der Waals surface area contributed by atoms with Gasteiger partial charge in [0.25, 0.3) is 0 Å². The molecule has 3 rings (SSSR count). The third kappa shape index (κ3) is 2.96. The molecule has 1 aromatic heterocycles. The molecule has 22 heavy (non-hydrogen) atoms. The molecule has 0 aliphatic heterocycles. The summed E-state index contributed by atoms with van der Waals surface area (Å²) in [6, 6.07) is 17.3. The lowest BCUT2D eigenvalue weighted by Gasteiger charge is -2.08. The highest BCUT2D eigenvalue weighted by Crippen LogP contribution is 2.18. The molecule has 0 N–H and O–H groups in total. The summed E-state index contributed by atoms with van der Waals surface area (Å²) in [6.45, 7) is 1.28. The predicted octanol–water partition coefficient (Wildman–Crippen LogP) is 3.51. The normalized spacial score (nSPS) is 10.6. The summed E-state index contributed by atoms with van der Waals surface area (Å²) in [4.78, 5) is 11.6. The van der Waals surface area contributed by atoms with Crippen LogP contribution in [0.2, 0.25) is 0 Å².